The zero-order valence-corrected chi connectivity index (χ0v) is 24.7. The number of nitrogens with zero attached hydrogens (tertiary/aromatic N) is 2. The summed E-state index contributed by atoms with van der Waals surface area (Å²) in [6.07, 6.45) is 0.502. The van der Waals surface area contributed by atoms with Gasteiger partial charge in [-0.3, -0.25) is 4.31 Å². The number of anilines is 1. The Bertz CT molecular complexity index is 1430. The molecule has 216 valence electrons. The van der Waals surface area contributed by atoms with Crippen molar-refractivity contribution in [1.29, 1.82) is 0 Å². The average Bonchev–Trinajstić information content (AvgIpc) is 2.88. The fourth-order valence-electron chi connectivity index (χ4n) is 4.01. The normalized spacial score (nSPS) is 12.5. The molecule has 3 aromatic carbocycles. The summed E-state index contributed by atoms with van der Waals surface area (Å²) in [5, 5.41) is 3.22. The smallest absolute Gasteiger partial charge is 0.317 e. The monoisotopic (exact) mass is 593 g/mol. The second kappa shape index (κ2) is 12.9. The number of nitrogens with one attached hydrogen (secondary N) is 1. The van der Waals surface area contributed by atoms with E-state index in [0.717, 1.165) is 22.5 Å². The van der Waals surface area contributed by atoms with Crippen molar-refractivity contribution in [2.75, 3.05) is 24.5 Å². The third-order valence-electron chi connectivity index (χ3n) is 5.96. The maximum Gasteiger partial charge on any atom is 0.317 e. The minimum absolute atomic E-state index is 0.137. The van der Waals surface area contributed by atoms with Crippen LogP contribution in [0.25, 0.3) is 0 Å². The number of halogens is 3. The number of rotatable bonds is 10. The zero-order chi connectivity index (χ0) is 29.7. The maximum atomic E-state index is 15.0. The Morgan fingerprint density at radius 3 is 2.35 bits per heavy atom. The molecule has 7 nitrogen and oxygen atoms in total. The van der Waals surface area contributed by atoms with Crippen LogP contribution in [0.5, 0.6) is 5.75 Å². The molecule has 0 heterocycles. The summed E-state index contributed by atoms with van der Waals surface area (Å²) in [6, 6.07) is 13.7. The van der Waals surface area contributed by atoms with Crippen molar-refractivity contribution in [2.24, 2.45) is 0 Å². The predicted molar refractivity (Wildman–Crippen MR) is 153 cm³/mol. The maximum absolute atomic E-state index is 15.0. The molecule has 3 aromatic rings. The van der Waals surface area contributed by atoms with Gasteiger partial charge in [0, 0.05) is 35.8 Å². The quantitative estimate of drug-likeness (QED) is 0.263. The molecule has 40 heavy (non-hydrogen) atoms. The van der Waals surface area contributed by atoms with Gasteiger partial charge in [-0.25, -0.2) is 22.0 Å². The molecule has 0 aromatic heterocycles. The second-order valence-corrected chi connectivity index (χ2v) is 12.6. The Balaban J connectivity index is 1.89. The van der Waals surface area contributed by atoms with Crippen molar-refractivity contribution in [2.45, 2.75) is 50.6 Å². The van der Waals surface area contributed by atoms with Gasteiger partial charge in [0.25, 0.3) is 10.0 Å². The molecule has 0 aliphatic carbocycles. The van der Waals surface area contributed by atoms with Crippen LogP contribution < -0.4 is 14.4 Å². The largest absolute Gasteiger partial charge is 0.493 e. The Hall–Kier alpha value is -3.37. The van der Waals surface area contributed by atoms with E-state index in [1.165, 1.54) is 24.3 Å². The molecule has 0 fully saturated rings. The molecule has 11 heteroatoms. The second-order valence-electron chi connectivity index (χ2n) is 10.4. The summed E-state index contributed by atoms with van der Waals surface area (Å²) >= 11 is 5.95. The highest BCUT2D eigenvalue weighted by Crippen LogP contribution is 2.38. The van der Waals surface area contributed by atoms with Crippen LogP contribution in [0.1, 0.15) is 45.7 Å². The first-order valence-corrected chi connectivity index (χ1v) is 14.5. The Labute approximate surface area is 239 Å². The van der Waals surface area contributed by atoms with Crippen LogP contribution in [0.4, 0.5) is 19.3 Å². The first-order chi connectivity index (χ1) is 18.7. The lowest BCUT2D eigenvalue weighted by Gasteiger charge is -2.32. The van der Waals surface area contributed by atoms with Gasteiger partial charge < -0.3 is 15.0 Å². The van der Waals surface area contributed by atoms with E-state index in [-0.39, 0.29) is 23.1 Å². The Morgan fingerprint density at radius 1 is 1.05 bits per heavy atom. The number of urea groups is 1. The van der Waals surface area contributed by atoms with Crippen LogP contribution in [0.3, 0.4) is 0 Å². The van der Waals surface area contributed by atoms with Crippen LogP contribution in [0, 0.1) is 11.6 Å². The molecule has 1 unspecified atom stereocenters. The molecule has 3 rings (SSSR count). The molecular weight excluding hydrogens is 560 g/mol. The molecule has 0 radical (unpaired) electrons. The van der Waals surface area contributed by atoms with Crippen LogP contribution in [0.2, 0.25) is 5.02 Å². The van der Waals surface area contributed by atoms with E-state index >= 15 is 4.39 Å². The Morgan fingerprint density at radius 2 is 1.70 bits per heavy atom. The topological polar surface area (TPSA) is 79.0 Å². The van der Waals surface area contributed by atoms with Crippen LogP contribution in [0.15, 0.2) is 71.6 Å². The first kappa shape index (κ1) is 31.2. The summed E-state index contributed by atoms with van der Waals surface area (Å²) < 4.78 is 63.8. The van der Waals surface area contributed by atoms with Crippen molar-refractivity contribution >= 4 is 33.3 Å². The molecular formula is C29H34ClF2N3O4S. The molecule has 0 aliphatic rings. The number of hydrogen-bond donors (Lipinski definition) is 1. The van der Waals surface area contributed by atoms with E-state index in [1.54, 1.807) is 43.1 Å². The predicted octanol–water partition coefficient (Wildman–Crippen LogP) is 6.78. The third kappa shape index (κ3) is 7.85. The van der Waals surface area contributed by atoms with Gasteiger partial charge in [-0.15, -0.1) is 0 Å². The van der Waals surface area contributed by atoms with Crippen LogP contribution in [-0.4, -0.2) is 45.1 Å². The fourth-order valence-corrected chi connectivity index (χ4v) is 5.77. The Kier molecular flexibility index (Phi) is 10.0. The van der Waals surface area contributed by atoms with Gasteiger partial charge in [-0.2, -0.15) is 0 Å². The SMILES string of the molecule is CC(c1ccccc1OCCCN(C)C(=O)NC(C)(C)C)N(c1cc(F)ccc1F)S(=O)(=O)c1ccc(Cl)cc1. The molecule has 0 spiro atoms. The lowest BCUT2D eigenvalue weighted by atomic mass is 10.1. The van der Waals surface area contributed by atoms with Gasteiger partial charge in [-0.1, -0.05) is 29.8 Å². The van der Waals surface area contributed by atoms with Crippen molar-refractivity contribution < 1.29 is 26.7 Å². The van der Waals surface area contributed by atoms with Gasteiger partial charge in [0.1, 0.15) is 17.4 Å². The number of hydrogen-bond acceptors (Lipinski definition) is 4. The third-order valence-corrected chi connectivity index (χ3v) is 8.11. The number of para-hydroxylation sites is 1. The molecule has 0 aliphatic heterocycles. The summed E-state index contributed by atoms with van der Waals surface area (Å²) in [5.41, 5.74) is -0.359. The molecule has 0 bridgehead atoms. The van der Waals surface area contributed by atoms with E-state index < -0.39 is 33.4 Å². The number of amides is 2. The highest BCUT2D eigenvalue weighted by atomic mass is 35.5. The minimum atomic E-state index is -4.37. The lowest BCUT2D eigenvalue weighted by Crippen LogP contribution is -2.47. The molecule has 1 atom stereocenters. The van der Waals surface area contributed by atoms with E-state index in [0.29, 0.717) is 29.3 Å². The van der Waals surface area contributed by atoms with E-state index in [4.69, 9.17) is 16.3 Å². The summed E-state index contributed by atoms with van der Waals surface area (Å²) in [4.78, 5) is 13.7. The molecule has 0 saturated heterocycles. The fraction of sp³-hybridized carbons (Fsp3) is 0.345. The van der Waals surface area contributed by atoms with Crippen molar-refractivity contribution in [3.8, 4) is 5.75 Å². The molecule has 1 N–H and O–H groups in total. The first-order valence-electron chi connectivity index (χ1n) is 12.7. The summed E-state index contributed by atoms with van der Waals surface area (Å²) in [6.45, 7) is 7.91. The minimum Gasteiger partial charge on any atom is -0.493 e. The van der Waals surface area contributed by atoms with Gasteiger partial charge in [0.15, 0.2) is 0 Å². The summed E-state index contributed by atoms with van der Waals surface area (Å²) in [7, 11) is -2.69. The number of benzene rings is 3. The number of sulfonamides is 1. The van der Waals surface area contributed by atoms with Crippen LogP contribution >= 0.6 is 11.6 Å². The van der Waals surface area contributed by atoms with Gasteiger partial charge >= 0.3 is 6.03 Å². The summed E-state index contributed by atoms with van der Waals surface area (Å²) in [5.74, 6) is -1.31. The van der Waals surface area contributed by atoms with E-state index in [1.807, 2.05) is 20.8 Å². The van der Waals surface area contributed by atoms with E-state index in [2.05, 4.69) is 5.32 Å². The molecule has 0 saturated carbocycles. The van der Waals surface area contributed by atoms with E-state index in [9.17, 15) is 17.6 Å². The van der Waals surface area contributed by atoms with Crippen molar-refractivity contribution in [3.05, 3.63) is 89.0 Å². The standard InChI is InChI=1S/C29H34ClF2N3O4S/c1-20(24-9-6-7-10-27(24)39-18-8-17-34(5)28(36)33-29(2,3)4)35(26-19-22(31)13-16-25(26)32)40(37,38)23-14-11-21(30)12-15-23/h6-7,9-16,19-20H,8,17-18H2,1-5H3,(H,33,36). The average molecular weight is 594 g/mol. The highest BCUT2D eigenvalue weighted by Gasteiger charge is 2.34. The van der Waals surface area contributed by atoms with Gasteiger partial charge in [-0.05, 0) is 76.6 Å². The van der Waals surface area contributed by atoms with Gasteiger partial charge in [0.05, 0.1) is 23.2 Å². The number of ether oxygens (including phenoxy) is 1. The van der Waals surface area contributed by atoms with Crippen LogP contribution in [-0.2, 0) is 10.0 Å². The number of carbonyl (C=O) groups is 1. The molecule has 2 amide bonds. The lowest BCUT2D eigenvalue weighted by molar-refractivity contribution is 0.194. The number of carbonyl (C=O) groups excluding carboxylic acids is 1. The van der Waals surface area contributed by atoms with Gasteiger partial charge in [0.2, 0.25) is 0 Å². The highest BCUT2D eigenvalue weighted by molar-refractivity contribution is 7.92. The van der Waals surface area contributed by atoms with Crippen molar-refractivity contribution in [3.63, 3.8) is 0 Å². The van der Waals surface area contributed by atoms with Crippen molar-refractivity contribution in [1.82, 2.24) is 10.2 Å². The zero-order valence-electron chi connectivity index (χ0n) is 23.1.